The number of hydrogen-bond donors (Lipinski definition) is 1. The van der Waals surface area contributed by atoms with E-state index in [4.69, 9.17) is 32.1 Å². The first-order chi connectivity index (χ1) is 26.7. The molecule has 3 aliphatic heterocycles. The van der Waals surface area contributed by atoms with Crippen molar-refractivity contribution in [2.45, 2.75) is 142 Å². The molecule has 11 heteroatoms. The molecule has 308 valence electrons. The van der Waals surface area contributed by atoms with Crippen molar-refractivity contribution in [3.8, 4) is 18.2 Å². The quantitative estimate of drug-likeness (QED) is 0.273. The van der Waals surface area contributed by atoms with Gasteiger partial charge in [-0.25, -0.2) is 4.79 Å². The van der Waals surface area contributed by atoms with Gasteiger partial charge in [0.05, 0.1) is 23.6 Å². The number of nitriles is 3. The number of hydrogen-bond acceptors (Lipinski definition) is 8. The van der Waals surface area contributed by atoms with E-state index in [1.165, 1.54) is 38.5 Å². The molecule has 2 amide bonds. The topological polar surface area (TPSA) is 150 Å². The second-order valence-electron chi connectivity index (χ2n) is 20.4. The van der Waals surface area contributed by atoms with Gasteiger partial charge >= 0.3 is 6.09 Å². The highest BCUT2D eigenvalue weighted by atomic mass is 35.5. The molecule has 10 nitrogen and oxygen atoms in total. The zero-order chi connectivity index (χ0) is 40.1. The van der Waals surface area contributed by atoms with Gasteiger partial charge < -0.3 is 19.9 Å². The molecule has 0 unspecified atom stereocenters. The molecule has 0 atom stereocenters. The molecule has 11 fully saturated rings. The first-order valence-corrected chi connectivity index (χ1v) is 22.5. The van der Waals surface area contributed by atoms with Crippen LogP contribution in [0.4, 0.5) is 4.79 Å². The molecule has 0 aromatic heterocycles. The lowest BCUT2D eigenvalue weighted by Gasteiger charge is -2.57. The molecule has 1 N–H and O–H groups in total. The van der Waals surface area contributed by atoms with Gasteiger partial charge in [0.25, 0.3) is 0 Å². The van der Waals surface area contributed by atoms with E-state index < -0.39 is 5.60 Å². The maximum absolute atomic E-state index is 13.1. The Morgan fingerprint density at radius 3 is 1.25 bits per heavy atom. The summed E-state index contributed by atoms with van der Waals surface area (Å²) in [6.45, 7) is 10.5. The maximum atomic E-state index is 13.1. The van der Waals surface area contributed by atoms with Crippen molar-refractivity contribution in [1.29, 1.82) is 15.8 Å². The number of piperidine rings is 3. The Labute approximate surface area is 341 Å². The SMILES string of the molecule is CC(C)(C)OC(=O)N1CCC(C#N)CC1.N#CC1CCN(C(=O)C23CC4CC(CC(C4)C2)C3)CC1.N#CC1CCNCC1.O=C(Cl)C12CC3CC(CC(C3)C1)C2. The number of nitrogens with one attached hydrogen (secondary N) is 1. The summed E-state index contributed by atoms with van der Waals surface area (Å²) in [6, 6.07) is 6.86. The van der Waals surface area contributed by atoms with E-state index in [1.54, 1.807) is 4.90 Å². The second kappa shape index (κ2) is 18.4. The van der Waals surface area contributed by atoms with Crippen LogP contribution in [0, 0.1) is 98.1 Å². The summed E-state index contributed by atoms with van der Waals surface area (Å²) >= 11 is 5.76. The van der Waals surface area contributed by atoms with Crippen molar-refractivity contribution in [1.82, 2.24) is 15.1 Å². The van der Waals surface area contributed by atoms with E-state index in [0.717, 1.165) is 139 Å². The summed E-state index contributed by atoms with van der Waals surface area (Å²) in [5, 5.41) is 29.3. The number of carbonyl (C=O) groups is 3. The van der Waals surface area contributed by atoms with Gasteiger partial charge in [0, 0.05) is 49.3 Å². The minimum absolute atomic E-state index is 0.00816. The number of nitrogens with zero attached hydrogens (tertiary/aromatic N) is 5. The highest BCUT2D eigenvalue weighted by Crippen LogP contribution is 2.62. The lowest BCUT2D eigenvalue weighted by atomic mass is 9.49. The molecule has 11 rings (SSSR count). The standard InChI is InChI=1S/C17H24N2O.C11H15ClO.C11H18N2O2.C6H10N2/c18-11-12-1-3-19(4-2-12)16(20)17-8-13-5-14(9-17)7-15(6-13)10-17;12-10(13)11-4-7-1-8(5-11)3-9(2-7)6-11;1-11(2,3)15-10(14)13-6-4-9(8-12)5-7-13;7-5-6-1-3-8-4-2-6/h12-15H,1-10H2;7-9H,1-6H2;9H,4-7H2,1-3H3;6,8H,1-4H2. The molecule has 8 saturated carbocycles. The molecule has 8 aliphatic carbocycles. The Bertz CT molecular complexity index is 1450. The van der Waals surface area contributed by atoms with Crippen LogP contribution in [0.1, 0.15) is 136 Å². The third kappa shape index (κ3) is 10.6. The largest absolute Gasteiger partial charge is 0.444 e. The Morgan fingerprint density at radius 2 is 0.929 bits per heavy atom. The molecular weight excluding hydrogens is 724 g/mol. The average molecular weight is 792 g/mol. The Balaban J connectivity index is 0.000000132. The second-order valence-corrected chi connectivity index (χ2v) is 20.7. The van der Waals surface area contributed by atoms with E-state index in [2.05, 4.69) is 28.4 Å². The van der Waals surface area contributed by atoms with Crippen molar-refractivity contribution >= 4 is 28.8 Å². The van der Waals surface area contributed by atoms with Crippen LogP contribution in [0.3, 0.4) is 0 Å². The zero-order valence-electron chi connectivity index (χ0n) is 34.4. The lowest BCUT2D eigenvalue weighted by Crippen LogP contribution is -2.55. The Morgan fingerprint density at radius 1 is 0.589 bits per heavy atom. The number of halogens is 1. The number of likely N-dealkylation sites (tertiary alicyclic amines) is 2. The minimum Gasteiger partial charge on any atom is -0.444 e. The summed E-state index contributed by atoms with van der Waals surface area (Å²) < 4.78 is 5.25. The van der Waals surface area contributed by atoms with Gasteiger partial charge in [0.2, 0.25) is 11.1 Å². The fraction of sp³-hybridized carbons (Fsp3) is 0.867. The van der Waals surface area contributed by atoms with Crippen LogP contribution in [-0.4, -0.2) is 71.9 Å². The minimum atomic E-state index is -0.441. The van der Waals surface area contributed by atoms with Crippen LogP contribution < -0.4 is 5.32 Å². The molecule has 0 spiro atoms. The van der Waals surface area contributed by atoms with E-state index in [9.17, 15) is 14.4 Å². The van der Waals surface area contributed by atoms with Crippen LogP contribution in [0.15, 0.2) is 0 Å². The molecule has 56 heavy (non-hydrogen) atoms. The molecular formula is C45H67ClN6O4. The van der Waals surface area contributed by atoms with Crippen molar-refractivity contribution in [2.24, 2.45) is 64.1 Å². The highest BCUT2D eigenvalue weighted by Gasteiger charge is 2.56. The molecule has 0 radical (unpaired) electrons. The maximum Gasteiger partial charge on any atom is 0.410 e. The number of carbonyl (C=O) groups excluding carboxylic acids is 3. The van der Waals surface area contributed by atoms with Crippen LogP contribution in [0.25, 0.3) is 0 Å². The van der Waals surface area contributed by atoms with Gasteiger partial charge in [0.1, 0.15) is 5.60 Å². The number of rotatable bonds is 2. The Kier molecular flexibility index (Phi) is 14.0. The van der Waals surface area contributed by atoms with Gasteiger partial charge in [-0.15, -0.1) is 0 Å². The molecule has 0 aromatic rings. The van der Waals surface area contributed by atoms with Crippen molar-refractivity contribution in [3.63, 3.8) is 0 Å². The number of amides is 2. The monoisotopic (exact) mass is 790 g/mol. The van der Waals surface area contributed by atoms with E-state index in [0.29, 0.717) is 24.9 Å². The first kappa shape index (κ1) is 42.7. The predicted molar refractivity (Wildman–Crippen MR) is 214 cm³/mol. The van der Waals surface area contributed by atoms with Gasteiger partial charge in [-0.05, 0) is 197 Å². The van der Waals surface area contributed by atoms with Gasteiger partial charge in [-0.3, -0.25) is 9.59 Å². The fourth-order valence-electron chi connectivity index (χ4n) is 12.7. The zero-order valence-corrected chi connectivity index (χ0v) is 35.2. The predicted octanol–water partition coefficient (Wildman–Crippen LogP) is 8.60. The van der Waals surface area contributed by atoms with Crippen molar-refractivity contribution < 1.29 is 19.1 Å². The molecule has 8 bridgehead atoms. The van der Waals surface area contributed by atoms with Gasteiger partial charge in [-0.2, -0.15) is 15.8 Å². The van der Waals surface area contributed by atoms with Gasteiger partial charge in [-0.1, -0.05) is 0 Å². The van der Waals surface area contributed by atoms with Crippen LogP contribution in [0.2, 0.25) is 0 Å². The van der Waals surface area contributed by atoms with E-state index >= 15 is 0 Å². The van der Waals surface area contributed by atoms with E-state index in [-0.39, 0.29) is 34.0 Å². The van der Waals surface area contributed by atoms with Crippen molar-refractivity contribution in [2.75, 3.05) is 39.3 Å². The smallest absolute Gasteiger partial charge is 0.410 e. The molecule has 3 saturated heterocycles. The molecule has 0 aromatic carbocycles. The number of ether oxygens (including phenoxy) is 1. The summed E-state index contributed by atoms with van der Waals surface area (Å²) in [6.07, 6.45) is 20.2. The normalized spacial score (nSPS) is 35.9. The average Bonchev–Trinajstić information content (AvgIpc) is 3.17. The lowest BCUT2D eigenvalue weighted by molar-refractivity contribution is -0.158. The summed E-state index contributed by atoms with van der Waals surface area (Å²) in [7, 11) is 0. The Hall–Kier alpha value is -2.87. The van der Waals surface area contributed by atoms with Crippen LogP contribution in [0.5, 0.6) is 0 Å². The van der Waals surface area contributed by atoms with Gasteiger partial charge in [0.15, 0.2) is 0 Å². The first-order valence-electron chi connectivity index (χ1n) is 22.1. The van der Waals surface area contributed by atoms with Crippen LogP contribution in [-0.2, 0) is 14.3 Å². The van der Waals surface area contributed by atoms with E-state index in [1.807, 2.05) is 20.8 Å². The molecule has 11 aliphatic rings. The summed E-state index contributed by atoms with van der Waals surface area (Å²) in [5.74, 6) is 6.05. The molecule has 3 heterocycles. The summed E-state index contributed by atoms with van der Waals surface area (Å²) in [5.41, 5.74) is -0.506. The fourth-order valence-corrected chi connectivity index (χ4v) is 13.0. The third-order valence-electron chi connectivity index (χ3n) is 14.8. The summed E-state index contributed by atoms with van der Waals surface area (Å²) in [4.78, 5) is 40.0. The highest BCUT2D eigenvalue weighted by molar-refractivity contribution is 6.64. The van der Waals surface area contributed by atoms with Crippen LogP contribution >= 0.6 is 11.6 Å². The third-order valence-corrected chi connectivity index (χ3v) is 15.2. The van der Waals surface area contributed by atoms with Crippen molar-refractivity contribution in [3.05, 3.63) is 0 Å².